The smallest absolute Gasteiger partial charge is 0.254 e. The summed E-state index contributed by atoms with van der Waals surface area (Å²) in [5, 5.41) is 20.4. The Bertz CT molecular complexity index is 563. The van der Waals surface area contributed by atoms with E-state index in [0.717, 1.165) is 15.6 Å². The van der Waals surface area contributed by atoms with Gasteiger partial charge in [0, 0.05) is 20.0 Å². The molecule has 20 heavy (non-hydrogen) atoms. The van der Waals surface area contributed by atoms with Crippen LogP contribution in [0.2, 0.25) is 0 Å². The molecule has 114 valence electrons. The Morgan fingerprint density at radius 2 is 1.90 bits per heavy atom. The van der Waals surface area contributed by atoms with E-state index in [9.17, 15) is 13.2 Å². The van der Waals surface area contributed by atoms with Crippen molar-refractivity contribution in [2.24, 2.45) is 0 Å². The van der Waals surface area contributed by atoms with Crippen LogP contribution in [0.15, 0.2) is 4.21 Å². The molecule has 0 aliphatic carbocycles. The van der Waals surface area contributed by atoms with Crippen molar-refractivity contribution in [1.82, 2.24) is 9.29 Å². The third-order valence-corrected chi connectivity index (χ3v) is 5.87. The molecule has 1 amide bonds. The Morgan fingerprint density at radius 3 is 2.35 bits per heavy atom. The van der Waals surface area contributed by atoms with Crippen molar-refractivity contribution in [2.45, 2.75) is 18.1 Å². The van der Waals surface area contributed by atoms with Crippen molar-refractivity contribution in [2.75, 3.05) is 31.6 Å². The largest absolute Gasteiger partial charge is 0.395 e. The molecule has 1 heterocycles. The summed E-state index contributed by atoms with van der Waals surface area (Å²) in [6, 6.07) is 0. The molecular formula is C10H17N3O5S2. The quantitative estimate of drug-likeness (QED) is 0.615. The van der Waals surface area contributed by atoms with Gasteiger partial charge in [-0.3, -0.25) is 4.79 Å². The zero-order chi connectivity index (χ0) is 15.3. The highest BCUT2D eigenvalue weighted by atomic mass is 32.2. The van der Waals surface area contributed by atoms with Gasteiger partial charge in [-0.1, -0.05) is 11.3 Å². The average molecular weight is 323 g/mol. The maximum Gasteiger partial charge on any atom is 0.254 e. The molecule has 0 saturated heterocycles. The molecule has 1 aromatic heterocycles. The Labute approximate surface area is 121 Å². The van der Waals surface area contributed by atoms with Crippen LogP contribution in [0.3, 0.4) is 0 Å². The van der Waals surface area contributed by atoms with Crippen molar-refractivity contribution >= 4 is 32.4 Å². The highest BCUT2D eigenvalue weighted by Gasteiger charge is 2.28. The van der Waals surface area contributed by atoms with E-state index in [1.54, 1.807) is 0 Å². The van der Waals surface area contributed by atoms with E-state index >= 15 is 0 Å². The number of aromatic nitrogens is 1. The summed E-state index contributed by atoms with van der Waals surface area (Å²) in [5.74, 6) is -0.342. The molecule has 0 fully saturated rings. The molecule has 0 saturated carbocycles. The molecule has 0 aliphatic heterocycles. The van der Waals surface area contributed by atoms with Crippen LogP contribution < -0.4 is 5.32 Å². The lowest BCUT2D eigenvalue weighted by atomic mass is 10.6. The number of sulfonamides is 1. The first kappa shape index (κ1) is 17.0. The minimum Gasteiger partial charge on any atom is -0.395 e. The molecule has 1 rings (SSSR count). The van der Waals surface area contributed by atoms with Crippen LogP contribution in [0.1, 0.15) is 12.6 Å². The van der Waals surface area contributed by atoms with Crippen LogP contribution in [-0.2, 0) is 14.8 Å². The second-order valence-corrected chi connectivity index (χ2v) is 7.06. The first-order valence-electron chi connectivity index (χ1n) is 5.79. The number of carbonyl (C=O) groups is 1. The van der Waals surface area contributed by atoms with Crippen molar-refractivity contribution in [1.29, 1.82) is 0 Å². The van der Waals surface area contributed by atoms with Gasteiger partial charge in [-0.2, -0.15) is 4.31 Å². The second kappa shape index (κ2) is 7.09. The number of anilines is 1. The number of hydrogen-bond donors (Lipinski definition) is 3. The van der Waals surface area contributed by atoms with E-state index in [-0.39, 0.29) is 47.2 Å². The maximum absolute atomic E-state index is 12.4. The van der Waals surface area contributed by atoms with Crippen molar-refractivity contribution < 1.29 is 23.4 Å². The molecule has 10 heteroatoms. The Balaban J connectivity index is 3.13. The molecule has 1 aromatic rings. The predicted octanol–water partition coefficient (Wildman–Crippen LogP) is -0.615. The number of thiazole rings is 1. The number of aliphatic hydroxyl groups is 2. The topological polar surface area (TPSA) is 120 Å². The van der Waals surface area contributed by atoms with E-state index < -0.39 is 10.0 Å². The first-order chi connectivity index (χ1) is 9.32. The van der Waals surface area contributed by atoms with Gasteiger partial charge in [0.25, 0.3) is 10.0 Å². The lowest BCUT2D eigenvalue weighted by Gasteiger charge is -2.19. The van der Waals surface area contributed by atoms with Gasteiger partial charge >= 0.3 is 0 Å². The van der Waals surface area contributed by atoms with E-state index in [1.807, 2.05) is 0 Å². The van der Waals surface area contributed by atoms with Crippen LogP contribution in [0.4, 0.5) is 5.13 Å². The van der Waals surface area contributed by atoms with Gasteiger partial charge in [-0.05, 0) is 6.92 Å². The highest BCUT2D eigenvalue weighted by molar-refractivity contribution is 7.91. The summed E-state index contributed by atoms with van der Waals surface area (Å²) in [6.45, 7) is 1.89. The van der Waals surface area contributed by atoms with Gasteiger partial charge in [-0.25, -0.2) is 13.4 Å². The fourth-order valence-corrected chi connectivity index (χ4v) is 4.54. The summed E-state index contributed by atoms with van der Waals surface area (Å²) in [7, 11) is -3.85. The number of aryl methyl sites for hydroxylation is 1. The molecule has 0 spiro atoms. The van der Waals surface area contributed by atoms with Crippen molar-refractivity contribution in [3.63, 3.8) is 0 Å². The SMILES string of the molecule is CC(=O)Nc1nc(C)c(S(=O)(=O)N(CCO)CCO)s1. The summed E-state index contributed by atoms with van der Waals surface area (Å²) < 4.78 is 25.8. The third kappa shape index (κ3) is 3.96. The summed E-state index contributed by atoms with van der Waals surface area (Å²) in [6.07, 6.45) is 0. The number of nitrogens with one attached hydrogen (secondary N) is 1. The van der Waals surface area contributed by atoms with Crippen LogP contribution in [0.25, 0.3) is 0 Å². The lowest BCUT2D eigenvalue weighted by molar-refractivity contribution is -0.114. The molecular weight excluding hydrogens is 306 g/mol. The molecule has 3 N–H and O–H groups in total. The fourth-order valence-electron chi connectivity index (χ4n) is 1.52. The van der Waals surface area contributed by atoms with Gasteiger partial charge in [0.2, 0.25) is 5.91 Å². The normalized spacial score (nSPS) is 11.8. The molecule has 0 aliphatic rings. The Morgan fingerprint density at radius 1 is 1.35 bits per heavy atom. The van der Waals surface area contributed by atoms with E-state index in [4.69, 9.17) is 10.2 Å². The molecule has 0 bridgehead atoms. The first-order valence-corrected chi connectivity index (χ1v) is 8.05. The molecule has 0 atom stereocenters. The monoisotopic (exact) mass is 323 g/mol. The summed E-state index contributed by atoms with van der Waals surface area (Å²) >= 11 is 0.839. The van der Waals surface area contributed by atoms with Gasteiger partial charge in [-0.15, -0.1) is 0 Å². The van der Waals surface area contributed by atoms with Gasteiger partial charge in [0.05, 0.1) is 18.9 Å². The zero-order valence-electron chi connectivity index (χ0n) is 11.2. The molecule has 8 nitrogen and oxygen atoms in total. The standard InChI is InChI=1S/C10H17N3O5S2/c1-7-9(19-10(11-7)12-8(2)16)20(17,18)13(3-5-14)4-6-15/h14-15H,3-6H2,1-2H3,(H,11,12,16). The van der Waals surface area contributed by atoms with Crippen LogP contribution in [-0.4, -0.2) is 60.1 Å². The zero-order valence-corrected chi connectivity index (χ0v) is 12.8. The summed E-state index contributed by atoms with van der Waals surface area (Å²) in [4.78, 5) is 14.9. The molecule has 0 aromatic carbocycles. The van der Waals surface area contributed by atoms with E-state index in [1.165, 1.54) is 13.8 Å². The number of hydrogen-bond acceptors (Lipinski definition) is 7. The number of amides is 1. The molecule has 0 radical (unpaired) electrons. The Kier molecular flexibility index (Phi) is 6.02. The van der Waals surface area contributed by atoms with E-state index in [2.05, 4.69) is 10.3 Å². The van der Waals surface area contributed by atoms with Crippen LogP contribution in [0, 0.1) is 6.92 Å². The van der Waals surface area contributed by atoms with Crippen LogP contribution >= 0.6 is 11.3 Å². The summed E-state index contributed by atoms with van der Waals surface area (Å²) in [5.41, 5.74) is 0.264. The minimum atomic E-state index is -3.85. The predicted molar refractivity (Wildman–Crippen MR) is 74.1 cm³/mol. The van der Waals surface area contributed by atoms with Crippen molar-refractivity contribution in [3.8, 4) is 0 Å². The lowest BCUT2D eigenvalue weighted by Crippen LogP contribution is -2.35. The van der Waals surface area contributed by atoms with Crippen molar-refractivity contribution in [3.05, 3.63) is 5.69 Å². The Hall–Kier alpha value is -1.07. The van der Waals surface area contributed by atoms with Crippen LogP contribution in [0.5, 0.6) is 0 Å². The minimum absolute atomic E-state index is 0.0110. The average Bonchev–Trinajstić information content (AvgIpc) is 2.69. The maximum atomic E-state index is 12.4. The number of carbonyl (C=O) groups excluding carboxylic acids is 1. The highest BCUT2D eigenvalue weighted by Crippen LogP contribution is 2.29. The number of aliphatic hydroxyl groups excluding tert-OH is 2. The molecule has 0 unspecified atom stereocenters. The van der Waals surface area contributed by atoms with Gasteiger partial charge < -0.3 is 15.5 Å². The van der Waals surface area contributed by atoms with E-state index in [0.29, 0.717) is 0 Å². The van der Waals surface area contributed by atoms with Gasteiger partial charge in [0.1, 0.15) is 0 Å². The van der Waals surface area contributed by atoms with Gasteiger partial charge in [0.15, 0.2) is 9.34 Å². The second-order valence-electron chi connectivity index (χ2n) is 3.92. The third-order valence-electron chi connectivity index (χ3n) is 2.31. The number of nitrogens with zero attached hydrogens (tertiary/aromatic N) is 2. The fraction of sp³-hybridized carbons (Fsp3) is 0.600. The number of rotatable bonds is 7.